The number of hydrogen-bond acceptors (Lipinski definition) is 4. The molecule has 5 N–H and O–H groups in total. The van der Waals surface area contributed by atoms with Gasteiger partial charge in [0.25, 0.3) is 5.91 Å². The topological polar surface area (TPSA) is 108 Å². The van der Waals surface area contributed by atoms with Crippen LogP contribution in [0.2, 0.25) is 0 Å². The van der Waals surface area contributed by atoms with Gasteiger partial charge in [-0.1, -0.05) is 33.2 Å². The second kappa shape index (κ2) is 6.27. The van der Waals surface area contributed by atoms with Gasteiger partial charge in [0.1, 0.15) is 5.75 Å². The van der Waals surface area contributed by atoms with Gasteiger partial charge in [0.2, 0.25) is 0 Å². The fourth-order valence-corrected chi connectivity index (χ4v) is 2.06. The van der Waals surface area contributed by atoms with E-state index in [9.17, 15) is 9.90 Å². The lowest BCUT2D eigenvalue weighted by Crippen LogP contribution is -2.15. The van der Waals surface area contributed by atoms with Crippen LogP contribution in [0.25, 0.3) is 0 Å². The first-order valence-electron chi connectivity index (χ1n) is 5.89. The Hall–Kier alpha value is -2.54. The quantitative estimate of drug-likeness (QED) is 0.295. The molecule has 0 aromatic heterocycles. The van der Waals surface area contributed by atoms with Crippen molar-refractivity contribution in [2.45, 2.75) is 0 Å². The van der Waals surface area contributed by atoms with E-state index >= 15 is 0 Å². The van der Waals surface area contributed by atoms with Crippen LogP contribution in [0, 0.1) is 0 Å². The average molecular weight is 350 g/mol. The number of halogens is 1. The molecule has 0 radical (unpaired) electrons. The molecule has 0 bridgehead atoms. The minimum absolute atomic E-state index is 0.0578. The van der Waals surface area contributed by atoms with E-state index in [4.69, 9.17) is 10.9 Å². The van der Waals surface area contributed by atoms with Crippen molar-refractivity contribution >= 4 is 33.4 Å². The number of aromatic hydroxyl groups is 1. The summed E-state index contributed by atoms with van der Waals surface area (Å²) in [7, 11) is 0. The Morgan fingerprint density at radius 1 is 1.24 bits per heavy atom. The van der Waals surface area contributed by atoms with E-state index in [-0.39, 0.29) is 17.1 Å². The summed E-state index contributed by atoms with van der Waals surface area (Å²) < 4.78 is 0.672. The number of hydrogen-bond donors (Lipinski definition) is 4. The monoisotopic (exact) mass is 349 g/mol. The van der Waals surface area contributed by atoms with Crippen LogP contribution in [0.15, 0.2) is 52.1 Å². The highest BCUT2D eigenvalue weighted by Crippen LogP contribution is 2.23. The van der Waals surface area contributed by atoms with Gasteiger partial charge in [-0.3, -0.25) is 4.79 Å². The zero-order valence-electron chi connectivity index (χ0n) is 10.7. The molecule has 2 aromatic carbocycles. The maximum atomic E-state index is 12.1. The van der Waals surface area contributed by atoms with Crippen molar-refractivity contribution in [3.05, 3.63) is 58.1 Å². The van der Waals surface area contributed by atoms with Gasteiger partial charge < -0.3 is 21.4 Å². The van der Waals surface area contributed by atoms with Gasteiger partial charge in [-0.15, -0.1) is 0 Å². The normalized spacial score (nSPS) is 11.2. The fourth-order valence-electron chi connectivity index (χ4n) is 1.71. The maximum Gasteiger partial charge on any atom is 0.259 e. The van der Waals surface area contributed by atoms with Crippen molar-refractivity contribution in [2.24, 2.45) is 10.9 Å². The Morgan fingerprint density at radius 3 is 2.67 bits per heavy atom. The Kier molecular flexibility index (Phi) is 4.44. The van der Waals surface area contributed by atoms with Crippen LogP contribution in [0.1, 0.15) is 15.9 Å². The van der Waals surface area contributed by atoms with Gasteiger partial charge >= 0.3 is 0 Å². The fraction of sp³-hybridized carbons (Fsp3) is 0. The number of anilines is 1. The summed E-state index contributed by atoms with van der Waals surface area (Å²) in [4.78, 5) is 12.1. The molecule has 0 aliphatic heterocycles. The Morgan fingerprint density at radius 2 is 2.00 bits per heavy atom. The van der Waals surface area contributed by atoms with Crippen LogP contribution >= 0.6 is 15.9 Å². The summed E-state index contributed by atoms with van der Waals surface area (Å²) >= 11 is 3.20. The molecule has 0 aliphatic carbocycles. The molecule has 0 saturated carbocycles. The maximum absolute atomic E-state index is 12.1. The Balaban J connectivity index is 2.23. The van der Waals surface area contributed by atoms with Gasteiger partial charge in [-0.25, -0.2) is 0 Å². The molecule has 0 spiro atoms. The highest BCUT2D eigenvalue weighted by molar-refractivity contribution is 9.10. The van der Waals surface area contributed by atoms with Crippen molar-refractivity contribution in [1.82, 2.24) is 0 Å². The van der Waals surface area contributed by atoms with E-state index in [1.54, 1.807) is 30.3 Å². The summed E-state index contributed by atoms with van der Waals surface area (Å²) in [6.45, 7) is 0. The third kappa shape index (κ3) is 3.51. The minimum atomic E-state index is -0.461. The van der Waals surface area contributed by atoms with Crippen LogP contribution in [0.3, 0.4) is 0 Å². The minimum Gasteiger partial charge on any atom is -0.507 e. The van der Waals surface area contributed by atoms with Crippen molar-refractivity contribution in [3.63, 3.8) is 0 Å². The standard InChI is InChI=1S/C14H12BrN3O3/c15-9-4-5-11(12(19)7-9)14(20)17-10-3-1-2-8(6-10)13(16)18-21/h1-7,19,21H,(H2,16,18)(H,17,20). The van der Waals surface area contributed by atoms with Gasteiger partial charge in [0.05, 0.1) is 5.56 Å². The van der Waals surface area contributed by atoms with Crippen LogP contribution in [0.4, 0.5) is 5.69 Å². The van der Waals surface area contributed by atoms with Crippen molar-refractivity contribution < 1.29 is 15.1 Å². The predicted molar refractivity (Wildman–Crippen MR) is 82.7 cm³/mol. The summed E-state index contributed by atoms with van der Waals surface area (Å²) in [5.41, 5.74) is 6.57. The summed E-state index contributed by atoms with van der Waals surface area (Å²) in [5.74, 6) is -0.649. The number of oxime groups is 1. The van der Waals surface area contributed by atoms with E-state index in [1.807, 2.05) is 0 Å². The second-order valence-corrected chi connectivity index (χ2v) is 5.10. The second-order valence-electron chi connectivity index (χ2n) is 4.18. The highest BCUT2D eigenvalue weighted by Gasteiger charge is 2.12. The number of rotatable bonds is 3. The molecule has 0 fully saturated rings. The molecular formula is C14H12BrN3O3. The largest absolute Gasteiger partial charge is 0.507 e. The van der Waals surface area contributed by atoms with Crippen molar-refractivity contribution in [1.29, 1.82) is 0 Å². The van der Waals surface area contributed by atoms with Gasteiger partial charge in [-0.2, -0.15) is 0 Å². The van der Waals surface area contributed by atoms with Crippen LogP contribution < -0.4 is 11.1 Å². The molecular weight excluding hydrogens is 338 g/mol. The van der Waals surface area contributed by atoms with Crippen LogP contribution in [0.5, 0.6) is 5.75 Å². The third-order valence-corrected chi connectivity index (χ3v) is 3.22. The lowest BCUT2D eigenvalue weighted by Gasteiger charge is -2.08. The number of nitrogens with zero attached hydrogens (tertiary/aromatic N) is 1. The number of nitrogens with one attached hydrogen (secondary N) is 1. The van der Waals surface area contributed by atoms with Gasteiger partial charge in [-0.05, 0) is 30.3 Å². The summed E-state index contributed by atoms with van der Waals surface area (Å²) in [5, 5.41) is 23.9. The number of carbonyl (C=O) groups is 1. The first-order chi connectivity index (χ1) is 10.0. The molecule has 108 valence electrons. The zero-order chi connectivity index (χ0) is 15.4. The predicted octanol–water partition coefficient (Wildman–Crippen LogP) is 2.50. The van der Waals surface area contributed by atoms with E-state index in [0.717, 1.165) is 0 Å². The molecule has 2 aromatic rings. The number of amidine groups is 1. The van der Waals surface area contributed by atoms with E-state index in [0.29, 0.717) is 15.7 Å². The zero-order valence-corrected chi connectivity index (χ0v) is 12.3. The number of phenolic OH excluding ortho intramolecular Hbond substituents is 1. The lowest BCUT2D eigenvalue weighted by molar-refractivity contribution is 0.102. The smallest absolute Gasteiger partial charge is 0.259 e. The summed E-state index contributed by atoms with van der Waals surface area (Å²) in [6.07, 6.45) is 0. The first kappa shape index (κ1) is 14.9. The third-order valence-electron chi connectivity index (χ3n) is 2.73. The number of amides is 1. The lowest BCUT2D eigenvalue weighted by atomic mass is 10.1. The summed E-state index contributed by atoms with van der Waals surface area (Å²) in [6, 6.07) is 11.1. The number of phenols is 1. The van der Waals surface area contributed by atoms with Crippen molar-refractivity contribution in [2.75, 3.05) is 5.32 Å². The molecule has 21 heavy (non-hydrogen) atoms. The molecule has 0 heterocycles. The van der Waals surface area contributed by atoms with E-state index in [1.165, 1.54) is 12.1 Å². The Bertz CT molecular complexity index is 716. The highest BCUT2D eigenvalue weighted by atomic mass is 79.9. The van der Waals surface area contributed by atoms with Gasteiger partial charge in [0.15, 0.2) is 5.84 Å². The number of nitrogens with two attached hydrogens (primary N) is 1. The first-order valence-corrected chi connectivity index (χ1v) is 6.68. The number of carbonyl (C=O) groups excluding carboxylic acids is 1. The van der Waals surface area contributed by atoms with Crippen molar-refractivity contribution in [3.8, 4) is 5.75 Å². The van der Waals surface area contributed by atoms with Crippen LogP contribution in [-0.4, -0.2) is 22.1 Å². The molecule has 1 amide bonds. The van der Waals surface area contributed by atoms with Crippen LogP contribution in [-0.2, 0) is 0 Å². The number of benzene rings is 2. The molecule has 6 nitrogen and oxygen atoms in total. The SMILES string of the molecule is NC(=NO)c1cccc(NC(=O)c2ccc(Br)cc2O)c1. The molecule has 0 saturated heterocycles. The molecule has 0 aliphatic rings. The Labute approximate surface area is 129 Å². The average Bonchev–Trinajstić information content (AvgIpc) is 2.46. The molecule has 0 atom stereocenters. The van der Waals surface area contributed by atoms with E-state index < -0.39 is 5.91 Å². The van der Waals surface area contributed by atoms with Gasteiger partial charge in [0, 0.05) is 15.7 Å². The molecule has 0 unspecified atom stereocenters. The van der Waals surface area contributed by atoms with E-state index in [2.05, 4.69) is 26.4 Å². The molecule has 2 rings (SSSR count). The molecule has 7 heteroatoms.